The summed E-state index contributed by atoms with van der Waals surface area (Å²) in [6, 6.07) is 3.50. The Bertz CT molecular complexity index is 971. The van der Waals surface area contributed by atoms with E-state index in [9.17, 15) is 9.59 Å². The number of rotatable bonds is 4. The molecule has 0 atom stereocenters. The molecule has 8 heteroatoms. The van der Waals surface area contributed by atoms with Gasteiger partial charge < -0.3 is 19.6 Å². The van der Waals surface area contributed by atoms with Crippen LogP contribution in [0.2, 0.25) is 0 Å². The topological polar surface area (TPSA) is 110 Å². The van der Waals surface area contributed by atoms with Crippen molar-refractivity contribution in [1.82, 2.24) is 20.8 Å². The number of carbonyl (C=O) groups excluding carboxylic acids is 2. The smallest absolute Gasteiger partial charge is 0.259 e. The zero-order valence-corrected chi connectivity index (χ0v) is 14.4. The fourth-order valence-corrected chi connectivity index (χ4v) is 2.64. The van der Waals surface area contributed by atoms with Gasteiger partial charge in [-0.3, -0.25) is 9.59 Å². The summed E-state index contributed by atoms with van der Waals surface area (Å²) in [5.74, 6) is 0.745. The van der Waals surface area contributed by atoms with Crippen LogP contribution in [0.4, 0.5) is 0 Å². The van der Waals surface area contributed by atoms with E-state index in [4.69, 9.17) is 8.94 Å². The van der Waals surface area contributed by atoms with Crippen LogP contribution in [0.15, 0.2) is 21.1 Å². The molecule has 2 N–H and O–H groups in total. The van der Waals surface area contributed by atoms with Crippen LogP contribution < -0.4 is 10.6 Å². The summed E-state index contributed by atoms with van der Waals surface area (Å²) in [6.07, 6.45) is 0. The minimum atomic E-state index is -0.401. The van der Waals surface area contributed by atoms with E-state index in [2.05, 4.69) is 20.8 Å². The molecule has 3 heterocycles. The van der Waals surface area contributed by atoms with Crippen molar-refractivity contribution in [2.75, 3.05) is 13.6 Å². The standard InChI is InChI=1S/C17H18N4O4/c1-8-5-11(10(3)24-8)13-6-12(16(23)19-7-14(22)18-4)15-9(2)21-25-17(15)20-13/h5-6H,7H2,1-4H3,(H,18,22)(H,19,23). The van der Waals surface area contributed by atoms with Gasteiger partial charge in [0.15, 0.2) is 0 Å². The van der Waals surface area contributed by atoms with Crippen LogP contribution in [0.1, 0.15) is 27.6 Å². The van der Waals surface area contributed by atoms with Crippen LogP contribution in [-0.2, 0) is 4.79 Å². The Morgan fingerprint density at radius 3 is 2.60 bits per heavy atom. The van der Waals surface area contributed by atoms with Gasteiger partial charge >= 0.3 is 0 Å². The number of pyridine rings is 1. The van der Waals surface area contributed by atoms with Crippen LogP contribution >= 0.6 is 0 Å². The number of aryl methyl sites for hydroxylation is 3. The van der Waals surface area contributed by atoms with Crippen molar-refractivity contribution in [3.63, 3.8) is 0 Å². The zero-order chi connectivity index (χ0) is 18.1. The first kappa shape index (κ1) is 16.7. The summed E-state index contributed by atoms with van der Waals surface area (Å²) >= 11 is 0. The van der Waals surface area contributed by atoms with Crippen LogP contribution in [0, 0.1) is 20.8 Å². The first-order chi connectivity index (χ1) is 11.9. The second kappa shape index (κ2) is 6.39. The summed E-state index contributed by atoms with van der Waals surface area (Å²) in [6.45, 7) is 5.27. The minimum absolute atomic E-state index is 0.122. The number of nitrogens with zero attached hydrogens (tertiary/aromatic N) is 2. The van der Waals surface area contributed by atoms with Gasteiger partial charge in [-0.1, -0.05) is 5.16 Å². The molecule has 2 amide bonds. The van der Waals surface area contributed by atoms with Crippen molar-refractivity contribution in [1.29, 1.82) is 0 Å². The number of hydrogen-bond acceptors (Lipinski definition) is 6. The lowest BCUT2D eigenvalue weighted by Gasteiger charge is -2.07. The molecular weight excluding hydrogens is 324 g/mol. The Kier molecular flexibility index (Phi) is 4.26. The van der Waals surface area contributed by atoms with Crippen molar-refractivity contribution >= 4 is 22.9 Å². The number of aromatic nitrogens is 2. The molecule has 3 rings (SSSR count). The second-order valence-electron chi connectivity index (χ2n) is 5.69. The van der Waals surface area contributed by atoms with E-state index in [0.29, 0.717) is 28.1 Å². The fraction of sp³-hybridized carbons (Fsp3) is 0.294. The third-order valence-electron chi connectivity index (χ3n) is 3.87. The molecule has 0 spiro atoms. The maximum absolute atomic E-state index is 12.6. The van der Waals surface area contributed by atoms with E-state index >= 15 is 0 Å². The number of likely N-dealkylation sites (N-methyl/N-ethyl adjacent to an activating group) is 1. The van der Waals surface area contributed by atoms with Crippen LogP contribution in [0.25, 0.3) is 22.4 Å². The average molecular weight is 342 g/mol. The molecule has 3 aromatic rings. The van der Waals surface area contributed by atoms with Crippen molar-refractivity contribution in [2.45, 2.75) is 20.8 Å². The Morgan fingerprint density at radius 1 is 1.20 bits per heavy atom. The van der Waals surface area contributed by atoms with Crippen LogP contribution in [-0.4, -0.2) is 35.5 Å². The molecule has 0 aliphatic heterocycles. The molecule has 0 saturated heterocycles. The minimum Gasteiger partial charge on any atom is -0.466 e. The Hall–Kier alpha value is -3.16. The summed E-state index contributed by atoms with van der Waals surface area (Å²) in [5, 5.41) is 9.46. The largest absolute Gasteiger partial charge is 0.466 e. The molecule has 0 fully saturated rings. The molecular formula is C17H18N4O4. The molecule has 25 heavy (non-hydrogen) atoms. The summed E-state index contributed by atoms with van der Waals surface area (Å²) < 4.78 is 10.8. The van der Waals surface area contributed by atoms with Gasteiger partial charge in [0.1, 0.15) is 11.5 Å². The molecule has 0 aliphatic carbocycles. The van der Waals surface area contributed by atoms with E-state index < -0.39 is 5.91 Å². The highest BCUT2D eigenvalue weighted by atomic mass is 16.5. The summed E-state index contributed by atoms with van der Waals surface area (Å²) in [4.78, 5) is 28.4. The lowest BCUT2D eigenvalue weighted by Crippen LogP contribution is -2.35. The van der Waals surface area contributed by atoms with Crippen molar-refractivity contribution in [2.24, 2.45) is 0 Å². The predicted molar refractivity (Wildman–Crippen MR) is 90.1 cm³/mol. The van der Waals surface area contributed by atoms with Gasteiger partial charge in [-0.2, -0.15) is 0 Å². The lowest BCUT2D eigenvalue weighted by atomic mass is 10.1. The molecule has 0 saturated carbocycles. The van der Waals surface area contributed by atoms with Gasteiger partial charge in [-0.15, -0.1) is 0 Å². The summed E-state index contributed by atoms with van der Waals surface area (Å²) in [7, 11) is 1.51. The Balaban J connectivity index is 2.09. The van der Waals surface area contributed by atoms with Gasteiger partial charge in [-0.25, -0.2) is 4.98 Å². The van der Waals surface area contributed by atoms with Gasteiger partial charge in [0.05, 0.1) is 28.9 Å². The lowest BCUT2D eigenvalue weighted by molar-refractivity contribution is -0.119. The van der Waals surface area contributed by atoms with Crippen LogP contribution in [0.3, 0.4) is 0 Å². The number of carbonyl (C=O) groups is 2. The van der Waals surface area contributed by atoms with E-state index in [1.807, 2.05) is 19.9 Å². The monoisotopic (exact) mass is 342 g/mol. The molecule has 0 unspecified atom stereocenters. The highest BCUT2D eigenvalue weighted by Crippen LogP contribution is 2.30. The first-order valence-electron chi connectivity index (χ1n) is 7.74. The normalized spacial score (nSPS) is 10.9. The van der Waals surface area contributed by atoms with Crippen molar-refractivity contribution in [3.05, 3.63) is 34.9 Å². The van der Waals surface area contributed by atoms with Crippen molar-refractivity contribution < 1.29 is 18.5 Å². The van der Waals surface area contributed by atoms with E-state index in [-0.39, 0.29) is 18.2 Å². The van der Waals surface area contributed by atoms with Gasteiger partial charge in [0.2, 0.25) is 5.91 Å². The maximum atomic E-state index is 12.6. The maximum Gasteiger partial charge on any atom is 0.259 e. The molecule has 0 aromatic carbocycles. The highest BCUT2D eigenvalue weighted by Gasteiger charge is 2.21. The fourth-order valence-electron chi connectivity index (χ4n) is 2.64. The van der Waals surface area contributed by atoms with E-state index in [1.165, 1.54) is 7.05 Å². The van der Waals surface area contributed by atoms with Gasteiger partial charge in [0.25, 0.3) is 11.6 Å². The van der Waals surface area contributed by atoms with E-state index in [0.717, 1.165) is 11.3 Å². The average Bonchev–Trinajstić information content (AvgIpc) is 3.13. The molecule has 3 aromatic heterocycles. The third kappa shape index (κ3) is 3.10. The molecule has 130 valence electrons. The number of furan rings is 1. The third-order valence-corrected chi connectivity index (χ3v) is 3.87. The SMILES string of the molecule is CNC(=O)CNC(=O)c1cc(-c2cc(C)oc2C)nc2onc(C)c12. The predicted octanol–water partition coefficient (Wildman–Crippen LogP) is 1.88. The number of hydrogen-bond donors (Lipinski definition) is 2. The second-order valence-corrected chi connectivity index (χ2v) is 5.69. The molecule has 8 nitrogen and oxygen atoms in total. The van der Waals surface area contributed by atoms with Crippen LogP contribution in [0.5, 0.6) is 0 Å². The van der Waals surface area contributed by atoms with E-state index in [1.54, 1.807) is 13.0 Å². The Morgan fingerprint density at radius 2 is 1.96 bits per heavy atom. The van der Waals surface area contributed by atoms with Gasteiger partial charge in [-0.05, 0) is 32.9 Å². The number of fused-ring (bicyclic) bond motifs is 1. The van der Waals surface area contributed by atoms with Crippen molar-refractivity contribution in [3.8, 4) is 11.3 Å². The zero-order valence-electron chi connectivity index (χ0n) is 14.4. The van der Waals surface area contributed by atoms with Gasteiger partial charge in [0, 0.05) is 12.6 Å². The quantitative estimate of drug-likeness (QED) is 0.749. The first-order valence-corrected chi connectivity index (χ1v) is 7.74. The number of amides is 2. The molecule has 0 bridgehead atoms. The number of nitrogens with one attached hydrogen (secondary N) is 2. The molecule has 0 radical (unpaired) electrons. The highest BCUT2D eigenvalue weighted by molar-refractivity contribution is 6.07. The Labute approximate surface area is 143 Å². The summed E-state index contributed by atoms with van der Waals surface area (Å²) in [5.41, 5.74) is 2.48. The molecule has 0 aliphatic rings.